The molecule has 0 bridgehead atoms. The number of hydrogen-bond acceptors (Lipinski definition) is 4. The van der Waals surface area contributed by atoms with E-state index in [0.29, 0.717) is 12.3 Å². The number of ether oxygens (including phenoxy) is 1. The molecular formula is C19H21N3O3. The zero-order chi connectivity index (χ0) is 18.1. The largest absolute Gasteiger partial charge is 0.494 e. The quantitative estimate of drug-likeness (QED) is 0.482. The number of carbonyl (C=O) groups is 2. The van der Waals surface area contributed by atoms with E-state index in [-0.39, 0.29) is 0 Å². The lowest BCUT2D eigenvalue weighted by Crippen LogP contribution is -2.32. The van der Waals surface area contributed by atoms with E-state index in [1.807, 2.05) is 44.2 Å². The third kappa shape index (κ3) is 6.10. The molecule has 130 valence electrons. The zero-order valence-electron chi connectivity index (χ0n) is 14.3. The first-order chi connectivity index (χ1) is 12.1. The number of hydrazone groups is 1. The summed E-state index contributed by atoms with van der Waals surface area (Å²) in [4.78, 5) is 23.5. The molecule has 0 aliphatic heterocycles. The van der Waals surface area contributed by atoms with Crippen molar-refractivity contribution < 1.29 is 14.3 Å². The molecular weight excluding hydrogens is 318 g/mol. The highest BCUT2D eigenvalue weighted by Crippen LogP contribution is 2.11. The van der Waals surface area contributed by atoms with Gasteiger partial charge in [-0.15, -0.1) is 0 Å². The van der Waals surface area contributed by atoms with Crippen molar-refractivity contribution in [1.29, 1.82) is 0 Å². The highest BCUT2D eigenvalue weighted by Gasteiger charge is 2.12. The third-order valence-corrected chi connectivity index (χ3v) is 3.21. The summed E-state index contributed by atoms with van der Waals surface area (Å²) in [6.45, 7) is 4.61. The predicted molar refractivity (Wildman–Crippen MR) is 97.8 cm³/mol. The summed E-state index contributed by atoms with van der Waals surface area (Å²) < 4.78 is 5.48. The van der Waals surface area contributed by atoms with Gasteiger partial charge in [-0.05, 0) is 60.9 Å². The predicted octanol–water partition coefficient (Wildman–Crippen LogP) is 2.87. The van der Waals surface area contributed by atoms with E-state index < -0.39 is 11.8 Å². The Morgan fingerprint density at radius 2 is 1.88 bits per heavy atom. The number of amides is 2. The van der Waals surface area contributed by atoms with Crippen molar-refractivity contribution in [3.63, 3.8) is 0 Å². The number of nitrogens with one attached hydrogen (secondary N) is 2. The molecule has 6 nitrogen and oxygen atoms in total. The molecule has 0 fully saturated rings. The van der Waals surface area contributed by atoms with Crippen LogP contribution < -0.4 is 15.5 Å². The third-order valence-electron chi connectivity index (χ3n) is 3.21. The standard InChI is InChI=1S/C19H21N3O3/c1-3-11-25-17-9-7-15(8-10-17)13-20-22-19(24)18(23)21-16-6-4-5-14(2)12-16/h4-10,12-13H,3,11H2,1-2H3,(H,21,23)(H,22,24)/b20-13+. The second kappa shape index (κ2) is 9.22. The second-order valence-corrected chi connectivity index (χ2v) is 5.44. The molecule has 25 heavy (non-hydrogen) atoms. The molecule has 2 N–H and O–H groups in total. The Morgan fingerprint density at radius 1 is 1.12 bits per heavy atom. The summed E-state index contributed by atoms with van der Waals surface area (Å²) in [6, 6.07) is 14.5. The molecule has 0 aliphatic carbocycles. The first-order valence-electron chi connectivity index (χ1n) is 8.02. The van der Waals surface area contributed by atoms with Crippen LogP contribution in [0, 0.1) is 6.92 Å². The molecule has 0 radical (unpaired) electrons. The number of benzene rings is 2. The molecule has 0 spiro atoms. The van der Waals surface area contributed by atoms with Gasteiger partial charge in [0.2, 0.25) is 0 Å². The molecule has 0 heterocycles. The van der Waals surface area contributed by atoms with Crippen LogP contribution in [-0.2, 0) is 9.59 Å². The summed E-state index contributed by atoms with van der Waals surface area (Å²) in [5.74, 6) is -0.827. The summed E-state index contributed by atoms with van der Waals surface area (Å²) in [7, 11) is 0. The minimum absolute atomic E-state index is 0.562. The SMILES string of the molecule is CCCOc1ccc(/C=N/NC(=O)C(=O)Nc2cccc(C)c2)cc1. The Bertz CT molecular complexity index is 755. The summed E-state index contributed by atoms with van der Waals surface area (Å²) in [5.41, 5.74) is 4.53. The fourth-order valence-electron chi connectivity index (χ4n) is 2.00. The minimum Gasteiger partial charge on any atom is -0.494 e. The van der Waals surface area contributed by atoms with Crippen molar-refractivity contribution >= 4 is 23.7 Å². The van der Waals surface area contributed by atoms with Gasteiger partial charge >= 0.3 is 11.8 Å². The van der Waals surface area contributed by atoms with E-state index in [1.165, 1.54) is 6.21 Å². The number of rotatable bonds is 6. The van der Waals surface area contributed by atoms with Crippen molar-refractivity contribution in [2.75, 3.05) is 11.9 Å². The van der Waals surface area contributed by atoms with Gasteiger partial charge in [-0.25, -0.2) is 5.43 Å². The molecule has 2 aromatic carbocycles. The van der Waals surface area contributed by atoms with Crippen LogP contribution >= 0.6 is 0 Å². The van der Waals surface area contributed by atoms with E-state index in [9.17, 15) is 9.59 Å². The number of hydrogen-bond donors (Lipinski definition) is 2. The van der Waals surface area contributed by atoms with Gasteiger partial charge in [0.05, 0.1) is 12.8 Å². The van der Waals surface area contributed by atoms with Crippen molar-refractivity contribution in [1.82, 2.24) is 5.43 Å². The highest BCUT2D eigenvalue weighted by molar-refractivity contribution is 6.39. The molecule has 0 unspecified atom stereocenters. The lowest BCUT2D eigenvalue weighted by atomic mass is 10.2. The van der Waals surface area contributed by atoms with Crippen LogP contribution in [0.1, 0.15) is 24.5 Å². The number of carbonyl (C=O) groups excluding carboxylic acids is 2. The Morgan fingerprint density at radius 3 is 2.56 bits per heavy atom. The van der Waals surface area contributed by atoms with Gasteiger partial charge in [-0.3, -0.25) is 9.59 Å². The van der Waals surface area contributed by atoms with E-state index >= 15 is 0 Å². The zero-order valence-corrected chi connectivity index (χ0v) is 14.3. The average molecular weight is 339 g/mol. The van der Waals surface area contributed by atoms with Gasteiger partial charge in [-0.2, -0.15) is 5.10 Å². The number of nitrogens with zero attached hydrogens (tertiary/aromatic N) is 1. The molecule has 6 heteroatoms. The highest BCUT2D eigenvalue weighted by atomic mass is 16.5. The molecule has 2 amide bonds. The summed E-state index contributed by atoms with van der Waals surface area (Å²) >= 11 is 0. The number of anilines is 1. The molecule has 0 aromatic heterocycles. The van der Waals surface area contributed by atoms with E-state index in [2.05, 4.69) is 15.8 Å². The Balaban J connectivity index is 1.84. The van der Waals surface area contributed by atoms with Crippen LogP contribution in [0.15, 0.2) is 53.6 Å². The van der Waals surface area contributed by atoms with Crippen molar-refractivity contribution in [2.24, 2.45) is 5.10 Å². The van der Waals surface area contributed by atoms with Gasteiger partial charge in [0.1, 0.15) is 5.75 Å². The van der Waals surface area contributed by atoms with Crippen molar-refractivity contribution in [3.05, 3.63) is 59.7 Å². The van der Waals surface area contributed by atoms with Crippen LogP contribution in [-0.4, -0.2) is 24.6 Å². The monoisotopic (exact) mass is 339 g/mol. The van der Waals surface area contributed by atoms with Crippen LogP contribution in [0.5, 0.6) is 5.75 Å². The van der Waals surface area contributed by atoms with Gasteiger partial charge < -0.3 is 10.1 Å². The summed E-state index contributed by atoms with van der Waals surface area (Å²) in [5, 5.41) is 6.30. The fraction of sp³-hybridized carbons (Fsp3) is 0.211. The molecule has 2 rings (SSSR count). The van der Waals surface area contributed by atoms with Crippen LogP contribution in [0.25, 0.3) is 0 Å². The van der Waals surface area contributed by atoms with Crippen LogP contribution in [0.3, 0.4) is 0 Å². The van der Waals surface area contributed by atoms with Crippen LogP contribution in [0.4, 0.5) is 5.69 Å². The molecule has 0 saturated heterocycles. The van der Waals surface area contributed by atoms with Gasteiger partial charge in [-0.1, -0.05) is 19.1 Å². The van der Waals surface area contributed by atoms with Crippen molar-refractivity contribution in [3.8, 4) is 5.75 Å². The van der Waals surface area contributed by atoms with E-state index in [1.54, 1.807) is 18.2 Å². The maximum atomic E-state index is 11.8. The first-order valence-corrected chi connectivity index (χ1v) is 8.02. The van der Waals surface area contributed by atoms with Crippen LogP contribution in [0.2, 0.25) is 0 Å². The molecule has 2 aromatic rings. The minimum atomic E-state index is -0.833. The molecule has 0 saturated carbocycles. The average Bonchev–Trinajstić information content (AvgIpc) is 2.61. The topological polar surface area (TPSA) is 79.8 Å². The lowest BCUT2D eigenvalue weighted by Gasteiger charge is -2.05. The Kier molecular flexibility index (Phi) is 6.71. The van der Waals surface area contributed by atoms with Gasteiger partial charge in [0, 0.05) is 5.69 Å². The maximum absolute atomic E-state index is 11.8. The number of aryl methyl sites for hydroxylation is 1. The smallest absolute Gasteiger partial charge is 0.329 e. The van der Waals surface area contributed by atoms with Gasteiger partial charge in [0.25, 0.3) is 0 Å². The van der Waals surface area contributed by atoms with E-state index in [4.69, 9.17) is 4.74 Å². The van der Waals surface area contributed by atoms with E-state index in [0.717, 1.165) is 23.3 Å². The maximum Gasteiger partial charge on any atom is 0.329 e. The molecule has 0 atom stereocenters. The Hall–Kier alpha value is -3.15. The summed E-state index contributed by atoms with van der Waals surface area (Å²) in [6.07, 6.45) is 2.40. The first kappa shape index (κ1) is 18.2. The van der Waals surface area contributed by atoms with Crippen molar-refractivity contribution in [2.45, 2.75) is 20.3 Å². The van der Waals surface area contributed by atoms with Gasteiger partial charge in [0.15, 0.2) is 0 Å². The normalized spacial score (nSPS) is 10.5. The second-order valence-electron chi connectivity index (χ2n) is 5.44. The Labute approximate surface area is 146 Å². The fourth-order valence-corrected chi connectivity index (χ4v) is 2.00. The molecule has 0 aliphatic rings. The lowest BCUT2D eigenvalue weighted by molar-refractivity contribution is -0.136.